The second-order valence-electron chi connectivity index (χ2n) is 5.97. The monoisotopic (exact) mass is 402 g/mol. The molecule has 2 rings (SSSR count). The molecule has 0 heterocycles. The Labute approximate surface area is 158 Å². The van der Waals surface area contributed by atoms with Crippen molar-refractivity contribution in [2.45, 2.75) is 19.6 Å². The molecule has 9 heteroatoms. The molecule has 0 aliphatic carbocycles. The summed E-state index contributed by atoms with van der Waals surface area (Å²) in [6.45, 7) is 1.59. The van der Waals surface area contributed by atoms with E-state index >= 15 is 0 Å². The number of halogens is 5. The zero-order valence-corrected chi connectivity index (χ0v) is 15.2. The summed E-state index contributed by atoms with van der Waals surface area (Å²) in [7, 11) is 1.45. The van der Waals surface area contributed by atoms with Gasteiger partial charge in [-0.3, -0.25) is 9.69 Å². The average Bonchev–Trinajstić information content (AvgIpc) is 2.63. The van der Waals surface area contributed by atoms with Gasteiger partial charge in [0.1, 0.15) is 17.4 Å². The molecule has 2 aromatic carbocycles. The van der Waals surface area contributed by atoms with Crippen LogP contribution in [-0.2, 0) is 17.5 Å². The molecule has 1 N–H and O–H groups in total. The van der Waals surface area contributed by atoms with E-state index in [9.17, 15) is 26.7 Å². The molecule has 0 unspecified atom stereocenters. The van der Waals surface area contributed by atoms with Gasteiger partial charge in [0.2, 0.25) is 5.91 Å². The van der Waals surface area contributed by atoms with Crippen molar-refractivity contribution in [3.8, 4) is 5.75 Å². The van der Waals surface area contributed by atoms with Crippen LogP contribution in [0.2, 0.25) is 0 Å². The molecular weight excluding hydrogens is 383 g/mol. The van der Waals surface area contributed by atoms with Crippen molar-refractivity contribution in [2.75, 3.05) is 25.5 Å². The van der Waals surface area contributed by atoms with E-state index in [1.165, 1.54) is 12.0 Å². The van der Waals surface area contributed by atoms with Gasteiger partial charge in [0.05, 0.1) is 24.9 Å². The average molecular weight is 402 g/mol. The molecule has 2 aromatic rings. The molecule has 0 aromatic heterocycles. The van der Waals surface area contributed by atoms with Crippen molar-refractivity contribution >= 4 is 11.6 Å². The highest BCUT2D eigenvalue weighted by Gasteiger charge is 2.35. The molecule has 0 saturated carbocycles. The highest BCUT2D eigenvalue weighted by atomic mass is 19.4. The third kappa shape index (κ3) is 5.41. The Morgan fingerprint density at radius 2 is 1.82 bits per heavy atom. The van der Waals surface area contributed by atoms with E-state index in [-0.39, 0.29) is 24.7 Å². The Hall–Kier alpha value is -2.68. The predicted molar refractivity (Wildman–Crippen MR) is 93.9 cm³/mol. The number of ether oxygens (including phenoxy) is 1. The summed E-state index contributed by atoms with van der Waals surface area (Å²) in [5, 5.41) is 2.64. The number of nitrogens with zero attached hydrogens (tertiary/aromatic N) is 1. The minimum absolute atomic E-state index is 0.132. The van der Waals surface area contributed by atoms with Gasteiger partial charge in [-0.05, 0) is 30.8 Å². The highest BCUT2D eigenvalue weighted by molar-refractivity contribution is 5.93. The van der Waals surface area contributed by atoms with Crippen LogP contribution in [0.1, 0.15) is 18.1 Å². The van der Waals surface area contributed by atoms with E-state index in [2.05, 4.69) is 5.32 Å². The quantitative estimate of drug-likeness (QED) is 0.696. The third-order valence-corrected chi connectivity index (χ3v) is 4.03. The van der Waals surface area contributed by atoms with Crippen LogP contribution < -0.4 is 10.1 Å². The molecule has 0 aliphatic rings. The number of carbonyl (C=O) groups is 1. The molecule has 0 bridgehead atoms. The number of alkyl halides is 3. The molecule has 28 heavy (non-hydrogen) atoms. The number of methoxy groups -OCH3 is 1. The minimum Gasteiger partial charge on any atom is -0.495 e. The smallest absolute Gasteiger partial charge is 0.419 e. The van der Waals surface area contributed by atoms with Crippen LogP contribution in [0, 0.1) is 11.6 Å². The second kappa shape index (κ2) is 9.01. The highest BCUT2D eigenvalue weighted by Crippen LogP contribution is 2.33. The summed E-state index contributed by atoms with van der Waals surface area (Å²) >= 11 is 0. The first-order chi connectivity index (χ1) is 13.2. The molecule has 0 spiro atoms. The van der Waals surface area contributed by atoms with Gasteiger partial charge in [-0.1, -0.05) is 19.1 Å². The molecular formula is C19H19F5N2O2. The summed E-state index contributed by atoms with van der Waals surface area (Å²) < 4.78 is 70.8. The Balaban J connectivity index is 2.10. The Kier molecular flexibility index (Phi) is 6.95. The maximum Gasteiger partial charge on any atom is 0.419 e. The molecule has 152 valence electrons. The molecule has 4 nitrogen and oxygen atoms in total. The standard InChI is InChI=1S/C19H19F5N2O2/c1-3-26(11-18(27)25-16-6-4-5-7-17(16)28-2)10-12-8-15(21)13(9-14(12)20)19(22,23)24/h4-9H,3,10-11H2,1-2H3,(H,25,27). The van der Waals surface area contributed by atoms with E-state index in [1.54, 1.807) is 31.2 Å². The fourth-order valence-corrected chi connectivity index (χ4v) is 2.59. The van der Waals surface area contributed by atoms with Gasteiger partial charge >= 0.3 is 6.18 Å². The normalized spacial score (nSPS) is 11.6. The number of amides is 1. The maximum atomic E-state index is 14.0. The molecule has 0 aliphatic heterocycles. The van der Waals surface area contributed by atoms with Gasteiger partial charge in [-0.2, -0.15) is 13.2 Å². The van der Waals surface area contributed by atoms with E-state index in [0.717, 1.165) is 0 Å². The topological polar surface area (TPSA) is 41.6 Å². The molecule has 1 amide bonds. The number of nitrogens with one attached hydrogen (secondary N) is 1. The maximum absolute atomic E-state index is 14.0. The fraction of sp³-hybridized carbons (Fsp3) is 0.316. The SMILES string of the molecule is CCN(CC(=O)Nc1ccccc1OC)Cc1cc(F)c(C(F)(F)F)cc1F. The van der Waals surface area contributed by atoms with E-state index in [1.807, 2.05) is 0 Å². The van der Waals surface area contributed by atoms with Crippen LogP contribution >= 0.6 is 0 Å². The van der Waals surface area contributed by atoms with Crippen molar-refractivity contribution in [1.29, 1.82) is 0 Å². The van der Waals surface area contributed by atoms with Gasteiger partial charge in [0, 0.05) is 12.1 Å². The summed E-state index contributed by atoms with van der Waals surface area (Å²) in [4.78, 5) is 13.7. The van der Waals surface area contributed by atoms with Gasteiger partial charge in [-0.25, -0.2) is 8.78 Å². The van der Waals surface area contributed by atoms with Crippen LogP contribution in [0.25, 0.3) is 0 Å². The summed E-state index contributed by atoms with van der Waals surface area (Å²) in [6, 6.07) is 7.38. The second-order valence-corrected chi connectivity index (χ2v) is 5.97. The Morgan fingerprint density at radius 3 is 2.43 bits per heavy atom. The zero-order chi connectivity index (χ0) is 20.9. The number of rotatable bonds is 7. The first-order valence-electron chi connectivity index (χ1n) is 8.36. The van der Waals surface area contributed by atoms with Gasteiger partial charge in [-0.15, -0.1) is 0 Å². The predicted octanol–water partition coefficient (Wildman–Crippen LogP) is 4.45. The van der Waals surface area contributed by atoms with Crippen LogP contribution in [0.3, 0.4) is 0 Å². The zero-order valence-electron chi connectivity index (χ0n) is 15.2. The number of carbonyl (C=O) groups excluding carboxylic acids is 1. The van der Waals surface area contributed by atoms with Crippen molar-refractivity contribution < 1.29 is 31.5 Å². The summed E-state index contributed by atoms with van der Waals surface area (Å²) in [6.07, 6.45) is -4.98. The number of para-hydroxylation sites is 2. The van der Waals surface area contributed by atoms with Gasteiger partial charge in [0.15, 0.2) is 0 Å². The summed E-state index contributed by atoms with van der Waals surface area (Å²) in [5.74, 6) is -2.72. The fourth-order valence-electron chi connectivity index (χ4n) is 2.59. The number of hydrogen-bond donors (Lipinski definition) is 1. The van der Waals surface area contributed by atoms with Gasteiger partial charge in [0.25, 0.3) is 0 Å². The minimum atomic E-state index is -4.98. The van der Waals surface area contributed by atoms with E-state index < -0.39 is 29.3 Å². The van der Waals surface area contributed by atoms with E-state index in [4.69, 9.17) is 4.74 Å². The lowest BCUT2D eigenvalue weighted by molar-refractivity contribution is -0.140. The van der Waals surface area contributed by atoms with Crippen LogP contribution in [-0.4, -0.2) is 31.0 Å². The Morgan fingerprint density at radius 1 is 1.14 bits per heavy atom. The van der Waals surface area contributed by atoms with Crippen molar-refractivity contribution in [3.05, 3.63) is 59.2 Å². The van der Waals surface area contributed by atoms with E-state index in [0.29, 0.717) is 24.0 Å². The van der Waals surface area contributed by atoms with Crippen molar-refractivity contribution in [3.63, 3.8) is 0 Å². The molecule has 0 saturated heterocycles. The van der Waals surface area contributed by atoms with Gasteiger partial charge < -0.3 is 10.1 Å². The lowest BCUT2D eigenvalue weighted by atomic mass is 10.1. The Bertz CT molecular complexity index is 840. The van der Waals surface area contributed by atoms with Crippen molar-refractivity contribution in [1.82, 2.24) is 4.90 Å². The van der Waals surface area contributed by atoms with Crippen LogP contribution in [0.5, 0.6) is 5.75 Å². The number of anilines is 1. The van der Waals surface area contributed by atoms with Crippen LogP contribution in [0.4, 0.5) is 27.6 Å². The largest absolute Gasteiger partial charge is 0.495 e. The number of hydrogen-bond acceptors (Lipinski definition) is 3. The summed E-state index contributed by atoms with van der Waals surface area (Å²) in [5.41, 5.74) is -1.49. The molecule has 0 fully saturated rings. The lowest BCUT2D eigenvalue weighted by Crippen LogP contribution is -2.33. The number of likely N-dealkylation sites (N-methyl/N-ethyl adjacent to an activating group) is 1. The first-order valence-corrected chi connectivity index (χ1v) is 8.36. The third-order valence-electron chi connectivity index (χ3n) is 4.03. The number of benzene rings is 2. The molecule has 0 radical (unpaired) electrons. The first kappa shape index (κ1) is 21.6. The van der Waals surface area contributed by atoms with Crippen molar-refractivity contribution in [2.24, 2.45) is 0 Å². The molecule has 0 atom stereocenters. The lowest BCUT2D eigenvalue weighted by Gasteiger charge is -2.21. The van der Waals surface area contributed by atoms with Crippen LogP contribution in [0.15, 0.2) is 36.4 Å².